The average Bonchev–Trinajstić information content (AvgIpc) is 3.08. The Morgan fingerprint density at radius 3 is 2.85 bits per heavy atom. The van der Waals surface area contributed by atoms with E-state index < -0.39 is 6.10 Å². The minimum Gasteiger partial charge on any atom is -0.388 e. The summed E-state index contributed by atoms with van der Waals surface area (Å²) in [6, 6.07) is 10.00. The molecular weight excluding hydrogens is 274 g/mol. The Balaban J connectivity index is 1.75. The smallest absolute Gasteiger partial charge is 0.208 e. The van der Waals surface area contributed by atoms with Crippen LogP contribution in [0, 0.1) is 0 Å². The molecule has 106 valence electrons. The summed E-state index contributed by atoms with van der Waals surface area (Å²) in [5, 5.41) is 20.2. The third kappa shape index (κ3) is 2.67. The molecule has 1 aromatic carbocycles. The minimum atomic E-state index is -0.459. The lowest BCUT2D eigenvalue weighted by Gasteiger charge is -2.13. The third-order valence-corrected chi connectivity index (χ3v) is 4.36. The molecule has 0 unspecified atom stereocenters. The summed E-state index contributed by atoms with van der Waals surface area (Å²) in [6.07, 6.45) is -0.594. The van der Waals surface area contributed by atoms with Gasteiger partial charge in [0.15, 0.2) is 0 Å². The molecule has 3 rings (SSSR count). The highest BCUT2D eigenvalue weighted by Gasteiger charge is 2.33. The molecule has 2 aromatic rings. The summed E-state index contributed by atoms with van der Waals surface area (Å²) in [7, 11) is 0. The van der Waals surface area contributed by atoms with Crippen LogP contribution >= 0.6 is 11.3 Å². The van der Waals surface area contributed by atoms with Gasteiger partial charge in [0.2, 0.25) is 5.13 Å². The van der Waals surface area contributed by atoms with E-state index in [1.807, 2.05) is 42.2 Å². The van der Waals surface area contributed by atoms with Crippen molar-refractivity contribution < 1.29 is 9.84 Å². The molecule has 1 aromatic heterocycles. The zero-order chi connectivity index (χ0) is 13.9. The zero-order valence-corrected chi connectivity index (χ0v) is 12.1. The van der Waals surface area contributed by atoms with E-state index in [0.717, 1.165) is 15.7 Å². The Bertz CT molecular complexity index is 561. The molecule has 1 aliphatic rings. The van der Waals surface area contributed by atoms with Gasteiger partial charge in [-0.1, -0.05) is 41.7 Å². The van der Waals surface area contributed by atoms with Crippen molar-refractivity contribution in [2.75, 3.05) is 24.6 Å². The second kappa shape index (κ2) is 5.87. The first-order valence-corrected chi connectivity index (χ1v) is 7.53. The average molecular weight is 291 g/mol. The number of aromatic nitrogens is 2. The largest absolute Gasteiger partial charge is 0.388 e. The van der Waals surface area contributed by atoms with Crippen molar-refractivity contribution in [1.29, 1.82) is 0 Å². The molecule has 1 aliphatic heterocycles. The molecule has 0 spiro atoms. The fourth-order valence-corrected chi connectivity index (χ4v) is 3.20. The number of β-amino-alcohol motifs (C(OH)–C–C–N with tert-alkyl or cyclic N) is 1. The lowest BCUT2D eigenvalue weighted by Crippen LogP contribution is -2.26. The van der Waals surface area contributed by atoms with Gasteiger partial charge in [-0.05, 0) is 6.92 Å². The Hall–Kier alpha value is -1.50. The Kier molecular flexibility index (Phi) is 3.95. The Labute approximate surface area is 121 Å². The summed E-state index contributed by atoms with van der Waals surface area (Å²) in [5.74, 6) is 0. The standard InChI is InChI=1S/C14H17N3O2S/c1-2-19-12-9-17(8-11(12)18)14-16-15-13(20-14)10-6-4-3-5-7-10/h3-7,11-12,18H,2,8-9H2,1H3/t11-,12-/m0/s1. The van der Waals surface area contributed by atoms with E-state index in [1.54, 1.807) is 11.3 Å². The maximum Gasteiger partial charge on any atom is 0.208 e. The van der Waals surface area contributed by atoms with Crippen LogP contribution < -0.4 is 4.90 Å². The van der Waals surface area contributed by atoms with Crippen LogP contribution in [0.2, 0.25) is 0 Å². The zero-order valence-electron chi connectivity index (χ0n) is 11.3. The van der Waals surface area contributed by atoms with E-state index in [9.17, 15) is 5.11 Å². The van der Waals surface area contributed by atoms with Gasteiger partial charge in [0.25, 0.3) is 0 Å². The number of hydrogen-bond acceptors (Lipinski definition) is 6. The molecule has 0 radical (unpaired) electrons. The molecule has 0 saturated carbocycles. The molecule has 20 heavy (non-hydrogen) atoms. The van der Waals surface area contributed by atoms with Crippen molar-refractivity contribution in [2.24, 2.45) is 0 Å². The van der Waals surface area contributed by atoms with Gasteiger partial charge in [-0.3, -0.25) is 0 Å². The van der Waals surface area contributed by atoms with E-state index in [0.29, 0.717) is 19.7 Å². The number of rotatable bonds is 4. The van der Waals surface area contributed by atoms with Gasteiger partial charge in [-0.25, -0.2) is 0 Å². The topological polar surface area (TPSA) is 58.5 Å². The molecule has 6 heteroatoms. The first-order valence-electron chi connectivity index (χ1n) is 6.71. The van der Waals surface area contributed by atoms with Crippen LogP contribution in [0.1, 0.15) is 6.92 Å². The Morgan fingerprint density at radius 2 is 2.10 bits per heavy atom. The highest BCUT2D eigenvalue weighted by Crippen LogP contribution is 2.30. The number of nitrogens with zero attached hydrogens (tertiary/aromatic N) is 3. The molecule has 1 N–H and O–H groups in total. The van der Waals surface area contributed by atoms with E-state index in [-0.39, 0.29) is 6.10 Å². The summed E-state index contributed by atoms with van der Waals surface area (Å²) < 4.78 is 5.52. The number of anilines is 1. The van der Waals surface area contributed by atoms with Crippen molar-refractivity contribution in [1.82, 2.24) is 10.2 Å². The summed E-state index contributed by atoms with van der Waals surface area (Å²) in [6.45, 7) is 3.77. The molecule has 0 aliphatic carbocycles. The second-order valence-corrected chi connectivity index (χ2v) is 5.68. The molecule has 1 fully saturated rings. The lowest BCUT2D eigenvalue weighted by molar-refractivity contribution is -0.00189. The monoisotopic (exact) mass is 291 g/mol. The van der Waals surface area contributed by atoms with Crippen LogP contribution in [0.4, 0.5) is 5.13 Å². The second-order valence-electron chi connectivity index (χ2n) is 4.72. The van der Waals surface area contributed by atoms with Gasteiger partial charge < -0.3 is 14.7 Å². The maximum absolute atomic E-state index is 9.97. The lowest BCUT2D eigenvalue weighted by atomic mass is 10.2. The molecule has 5 nitrogen and oxygen atoms in total. The van der Waals surface area contributed by atoms with Crippen molar-refractivity contribution >= 4 is 16.5 Å². The van der Waals surface area contributed by atoms with E-state index in [4.69, 9.17) is 4.74 Å². The van der Waals surface area contributed by atoms with Crippen molar-refractivity contribution in [2.45, 2.75) is 19.1 Å². The van der Waals surface area contributed by atoms with Gasteiger partial charge in [-0.2, -0.15) is 0 Å². The van der Waals surface area contributed by atoms with Crippen molar-refractivity contribution in [3.63, 3.8) is 0 Å². The quantitative estimate of drug-likeness (QED) is 0.930. The van der Waals surface area contributed by atoms with E-state index >= 15 is 0 Å². The van der Waals surface area contributed by atoms with Gasteiger partial charge >= 0.3 is 0 Å². The number of benzene rings is 1. The Morgan fingerprint density at radius 1 is 1.30 bits per heavy atom. The number of aliphatic hydroxyl groups excluding tert-OH is 1. The van der Waals surface area contributed by atoms with E-state index in [2.05, 4.69) is 10.2 Å². The first-order chi connectivity index (χ1) is 9.78. The molecule has 1 saturated heterocycles. The molecule has 0 amide bonds. The number of aliphatic hydroxyl groups is 1. The van der Waals surface area contributed by atoms with Crippen LogP contribution in [0.15, 0.2) is 30.3 Å². The fraction of sp³-hybridized carbons (Fsp3) is 0.429. The highest BCUT2D eigenvalue weighted by atomic mass is 32.1. The van der Waals surface area contributed by atoms with Gasteiger partial charge in [0.05, 0.1) is 6.10 Å². The van der Waals surface area contributed by atoms with E-state index in [1.165, 1.54) is 0 Å². The molecule has 2 heterocycles. The number of hydrogen-bond donors (Lipinski definition) is 1. The predicted molar refractivity (Wildman–Crippen MR) is 79.0 cm³/mol. The molecular formula is C14H17N3O2S. The normalized spacial score (nSPS) is 22.4. The van der Waals surface area contributed by atoms with Crippen LogP contribution in [-0.4, -0.2) is 47.2 Å². The molecule has 2 atom stereocenters. The fourth-order valence-electron chi connectivity index (χ4n) is 2.33. The predicted octanol–water partition coefficient (Wildman–Crippen LogP) is 1.79. The summed E-state index contributed by atoms with van der Waals surface area (Å²) >= 11 is 1.54. The van der Waals surface area contributed by atoms with Gasteiger partial charge in [0.1, 0.15) is 11.1 Å². The van der Waals surface area contributed by atoms with Crippen LogP contribution in [0.3, 0.4) is 0 Å². The van der Waals surface area contributed by atoms with Crippen molar-refractivity contribution in [3.05, 3.63) is 30.3 Å². The van der Waals surface area contributed by atoms with Crippen LogP contribution in [0.5, 0.6) is 0 Å². The molecule has 0 bridgehead atoms. The third-order valence-electron chi connectivity index (χ3n) is 3.32. The van der Waals surface area contributed by atoms with Crippen molar-refractivity contribution in [3.8, 4) is 10.6 Å². The minimum absolute atomic E-state index is 0.135. The first kappa shape index (κ1) is 13.5. The van der Waals surface area contributed by atoms with Crippen LogP contribution in [-0.2, 0) is 4.74 Å². The maximum atomic E-state index is 9.97. The van der Waals surface area contributed by atoms with Gasteiger partial charge in [-0.15, -0.1) is 10.2 Å². The highest BCUT2D eigenvalue weighted by molar-refractivity contribution is 7.18. The summed E-state index contributed by atoms with van der Waals surface area (Å²) in [5.41, 5.74) is 1.07. The van der Waals surface area contributed by atoms with Gasteiger partial charge in [0, 0.05) is 25.3 Å². The number of ether oxygens (including phenoxy) is 1. The SMILES string of the molecule is CCO[C@H]1CN(c2nnc(-c3ccccc3)s2)C[C@@H]1O. The summed E-state index contributed by atoms with van der Waals surface area (Å²) in [4.78, 5) is 2.04. The van der Waals surface area contributed by atoms with Crippen LogP contribution in [0.25, 0.3) is 10.6 Å².